The van der Waals surface area contributed by atoms with Gasteiger partial charge in [-0.05, 0) is 14.0 Å². The van der Waals surface area contributed by atoms with Crippen molar-refractivity contribution in [2.45, 2.75) is 19.6 Å². The van der Waals surface area contributed by atoms with Crippen LogP contribution in [0.1, 0.15) is 11.6 Å². The van der Waals surface area contributed by atoms with Gasteiger partial charge >= 0.3 is 0 Å². The Balaban J connectivity index is 1.97. The van der Waals surface area contributed by atoms with Crippen LogP contribution in [0.2, 0.25) is 0 Å². The van der Waals surface area contributed by atoms with Crippen molar-refractivity contribution in [2.24, 2.45) is 7.05 Å². The van der Waals surface area contributed by atoms with Gasteiger partial charge < -0.3 is 15.3 Å². The summed E-state index contributed by atoms with van der Waals surface area (Å²) in [7, 11) is 3.61. The quantitative estimate of drug-likeness (QED) is 0.692. The molecule has 0 aromatic carbocycles. The number of carbonyl (C=O) groups is 1. The number of nitrogens with one attached hydrogen (secondary N) is 1. The molecule has 2 heterocycles. The second-order valence-corrected chi connectivity index (χ2v) is 5.46. The maximum atomic E-state index is 11.9. The van der Waals surface area contributed by atoms with E-state index < -0.39 is 6.10 Å². The molecule has 1 amide bonds. The molecule has 8 nitrogen and oxygen atoms in total. The van der Waals surface area contributed by atoms with Crippen LogP contribution >= 0.6 is 0 Å². The van der Waals surface area contributed by atoms with E-state index in [4.69, 9.17) is 0 Å². The van der Waals surface area contributed by atoms with Crippen molar-refractivity contribution >= 4 is 5.91 Å². The molecule has 8 heteroatoms. The van der Waals surface area contributed by atoms with E-state index in [2.05, 4.69) is 20.3 Å². The normalized spacial score (nSPS) is 20.6. The Kier molecular flexibility index (Phi) is 5.27. The number of carbonyl (C=O) groups excluding carboxylic acids is 1. The average Bonchev–Trinajstić information content (AvgIpc) is 2.61. The molecule has 2 N–H and O–H groups in total. The monoisotopic (exact) mass is 296 g/mol. The molecule has 118 valence electrons. The van der Waals surface area contributed by atoms with E-state index in [1.165, 1.54) is 0 Å². The number of aliphatic hydroxyl groups is 1. The number of aliphatic hydroxyl groups excluding tert-OH is 1. The first kappa shape index (κ1) is 15.9. The van der Waals surface area contributed by atoms with Crippen LogP contribution in [0.4, 0.5) is 0 Å². The van der Waals surface area contributed by atoms with Crippen molar-refractivity contribution in [1.29, 1.82) is 0 Å². The molecule has 0 spiro atoms. The summed E-state index contributed by atoms with van der Waals surface area (Å²) in [5, 5.41) is 17.2. The molecule has 2 rings (SSSR count). The Morgan fingerprint density at radius 2 is 2.19 bits per heavy atom. The molecule has 1 fully saturated rings. The van der Waals surface area contributed by atoms with Gasteiger partial charge in [0, 0.05) is 33.2 Å². The van der Waals surface area contributed by atoms with E-state index in [9.17, 15) is 9.90 Å². The fourth-order valence-electron chi connectivity index (χ4n) is 2.58. The molecule has 1 aliphatic heterocycles. The first-order valence-corrected chi connectivity index (χ1v) is 7.19. The smallest absolute Gasteiger partial charge is 0.236 e. The van der Waals surface area contributed by atoms with Gasteiger partial charge in [0.15, 0.2) is 0 Å². The lowest BCUT2D eigenvalue weighted by Crippen LogP contribution is -2.41. The zero-order valence-electron chi connectivity index (χ0n) is 12.9. The lowest BCUT2D eigenvalue weighted by Gasteiger charge is -2.21. The summed E-state index contributed by atoms with van der Waals surface area (Å²) in [4.78, 5) is 20.1. The van der Waals surface area contributed by atoms with Crippen LogP contribution in [0.3, 0.4) is 0 Å². The van der Waals surface area contributed by atoms with Crippen LogP contribution in [0.15, 0.2) is 0 Å². The van der Waals surface area contributed by atoms with E-state index in [1.54, 1.807) is 16.6 Å². The Morgan fingerprint density at radius 1 is 1.43 bits per heavy atom. The van der Waals surface area contributed by atoms with Crippen molar-refractivity contribution in [2.75, 3.05) is 39.8 Å². The number of aromatic nitrogens is 3. The Morgan fingerprint density at radius 3 is 2.81 bits per heavy atom. The molecule has 0 radical (unpaired) electrons. The summed E-state index contributed by atoms with van der Waals surface area (Å²) in [5.74, 6) is 1.64. The van der Waals surface area contributed by atoms with E-state index in [-0.39, 0.29) is 5.91 Å². The zero-order valence-corrected chi connectivity index (χ0v) is 12.9. The predicted octanol–water partition coefficient (Wildman–Crippen LogP) is -1.65. The van der Waals surface area contributed by atoms with E-state index >= 15 is 0 Å². The largest absolute Gasteiger partial charge is 0.390 e. The number of rotatable bonds is 4. The number of hydrogen-bond acceptors (Lipinski definition) is 6. The van der Waals surface area contributed by atoms with Gasteiger partial charge in [-0.1, -0.05) is 0 Å². The second-order valence-electron chi connectivity index (χ2n) is 5.46. The minimum atomic E-state index is -0.539. The topological polar surface area (TPSA) is 86.5 Å². The standard InChI is InChI=1S/C13H24N6O2/c1-10-15-12(17(3)16-10)9-18-4-5-19(8-11(20)7-18)13(21)6-14-2/h11,14,20H,4-9H2,1-3H3/t11-/m0/s1. The number of aryl methyl sites for hydroxylation is 2. The summed E-state index contributed by atoms with van der Waals surface area (Å²) < 4.78 is 1.76. The van der Waals surface area contributed by atoms with Crippen LogP contribution in [0.25, 0.3) is 0 Å². The third-order valence-electron chi connectivity index (χ3n) is 3.59. The molecule has 1 saturated heterocycles. The molecule has 1 aromatic rings. The Bertz CT molecular complexity index is 489. The summed E-state index contributed by atoms with van der Waals surface area (Å²) in [6, 6.07) is 0. The molecule has 21 heavy (non-hydrogen) atoms. The first-order valence-electron chi connectivity index (χ1n) is 7.19. The highest BCUT2D eigenvalue weighted by Crippen LogP contribution is 2.08. The summed E-state index contributed by atoms with van der Waals surface area (Å²) in [5.41, 5.74) is 0. The Hall–Kier alpha value is -1.51. The number of likely N-dealkylation sites (N-methyl/N-ethyl adjacent to an activating group) is 1. The number of β-amino-alcohol motifs (C(OH)–C–C–N with tert-alkyl or cyclic N) is 1. The number of hydrogen-bond donors (Lipinski definition) is 2. The molecule has 0 unspecified atom stereocenters. The van der Waals surface area contributed by atoms with Crippen molar-refractivity contribution < 1.29 is 9.90 Å². The molecule has 1 atom stereocenters. The van der Waals surface area contributed by atoms with E-state index in [1.807, 2.05) is 14.0 Å². The molecular weight excluding hydrogens is 272 g/mol. The van der Waals surface area contributed by atoms with Gasteiger partial charge in [0.2, 0.25) is 5.91 Å². The number of nitrogens with zero attached hydrogens (tertiary/aromatic N) is 5. The lowest BCUT2D eigenvalue weighted by atomic mass is 10.3. The van der Waals surface area contributed by atoms with Gasteiger partial charge in [0.1, 0.15) is 11.6 Å². The van der Waals surface area contributed by atoms with Crippen molar-refractivity contribution in [1.82, 2.24) is 29.9 Å². The maximum Gasteiger partial charge on any atom is 0.236 e. The summed E-state index contributed by atoms with van der Waals surface area (Å²) in [6.07, 6.45) is -0.539. The van der Waals surface area contributed by atoms with E-state index in [0.29, 0.717) is 32.7 Å². The minimum absolute atomic E-state index is 0.0212. The molecule has 0 bridgehead atoms. The molecule has 1 aliphatic rings. The predicted molar refractivity (Wildman–Crippen MR) is 77.5 cm³/mol. The molecule has 1 aromatic heterocycles. The highest BCUT2D eigenvalue weighted by Gasteiger charge is 2.24. The fraction of sp³-hybridized carbons (Fsp3) is 0.769. The average molecular weight is 296 g/mol. The van der Waals surface area contributed by atoms with Crippen molar-refractivity contribution in [3.63, 3.8) is 0 Å². The Labute approximate surface area is 124 Å². The second kappa shape index (κ2) is 6.97. The van der Waals surface area contributed by atoms with Crippen LogP contribution in [-0.4, -0.2) is 81.5 Å². The van der Waals surface area contributed by atoms with Crippen molar-refractivity contribution in [3.8, 4) is 0 Å². The van der Waals surface area contributed by atoms with Crippen molar-refractivity contribution in [3.05, 3.63) is 11.6 Å². The molecule has 0 aliphatic carbocycles. The van der Waals surface area contributed by atoms with Gasteiger partial charge in [-0.15, -0.1) is 0 Å². The summed E-state index contributed by atoms with van der Waals surface area (Å²) in [6.45, 7) is 5.05. The zero-order chi connectivity index (χ0) is 15.4. The SMILES string of the molecule is CNCC(=O)N1CCN(Cc2nc(C)nn2C)C[C@H](O)C1. The fourth-order valence-corrected chi connectivity index (χ4v) is 2.58. The molecular formula is C13H24N6O2. The van der Waals surface area contributed by atoms with E-state index in [0.717, 1.165) is 18.2 Å². The van der Waals surface area contributed by atoms with Gasteiger partial charge in [0.25, 0.3) is 0 Å². The van der Waals surface area contributed by atoms with Crippen LogP contribution in [0, 0.1) is 6.92 Å². The first-order chi connectivity index (χ1) is 9.99. The maximum absolute atomic E-state index is 11.9. The number of amides is 1. The van der Waals surface area contributed by atoms with Gasteiger partial charge in [-0.25, -0.2) is 4.98 Å². The minimum Gasteiger partial charge on any atom is -0.390 e. The lowest BCUT2D eigenvalue weighted by molar-refractivity contribution is -0.131. The van der Waals surface area contributed by atoms with Gasteiger partial charge in [-0.2, -0.15) is 5.10 Å². The highest BCUT2D eigenvalue weighted by molar-refractivity contribution is 5.78. The van der Waals surface area contributed by atoms with Gasteiger partial charge in [-0.3, -0.25) is 14.4 Å². The molecule has 0 saturated carbocycles. The van der Waals surface area contributed by atoms with Crippen LogP contribution in [-0.2, 0) is 18.4 Å². The highest BCUT2D eigenvalue weighted by atomic mass is 16.3. The van der Waals surface area contributed by atoms with Gasteiger partial charge in [0.05, 0.1) is 19.2 Å². The third kappa shape index (κ3) is 4.23. The summed E-state index contributed by atoms with van der Waals surface area (Å²) >= 11 is 0. The van der Waals surface area contributed by atoms with Crippen LogP contribution in [0.5, 0.6) is 0 Å². The van der Waals surface area contributed by atoms with Crippen LogP contribution < -0.4 is 5.32 Å². The third-order valence-corrected chi connectivity index (χ3v) is 3.59.